The van der Waals surface area contributed by atoms with Gasteiger partial charge in [0.05, 0.1) is 24.0 Å². The topological polar surface area (TPSA) is 59.1 Å². The Morgan fingerprint density at radius 2 is 2.05 bits per heavy atom. The molecule has 6 heteroatoms. The maximum absolute atomic E-state index is 5.26. The second kappa shape index (κ2) is 7.09. The van der Waals surface area contributed by atoms with Crippen LogP contribution in [0.25, 0.3) is 0 Å². The molecule has 0 fully saturated rings. The molecule has 0 spiro atoms. The number of hydrogen-bond donors (Lipinski definition) is 2. The van der Waals surface area contributed by atoms with Gasteiger partial charge >= 0.3 is 0 Å². The Morgan fingerprint density at radius 1 is 1.25 bits per heavy atom. The molecule has 0 radical (unpaired) electrons. The minimum atomic E-state index is 0.690. The second-order valence-electron chi connectivity index (χ2n) is 4.19. The third-order valence-electron chi connectivity index (χ3n) is 2.61. The zero-order valence-corrected chi connectivity index (χ0v) is 13.1. The molecule has 1 aromatic carbocycles. The van der Waals surface area contributed by atoms with E-state index in [1.807, 2.05) is 18.2 Å². The van der Waals surface area contributed by atoms with Crippen molar-refractivity contribution in [3.05, 3.63) is 35.1 Å². The lowest BCUT2D eigenvalue weighted by Gasteiger charge is -2.10. The number of anilines is 3. The molecule has 1 aromatic heterocycles. The van der Waals surface area contributed by atoms with Gasteiger partial charge in [0.2, 0.25) is 0 Å². The summed E-state index contributed by atoms with van der Waals surface area (Å²) >= 11 is 3.43. The normalized spacial score (nSPS) is 10.2. The molecule has 0 saturated heterocycles. The molecule has 0 aliphatic carbocycles. The zero-order chi connectivity index (χ0) is 14.4. The van der Waals surface area contributed by atoms with Crippen molar-refractivity contribution < 1.29 is 4.74 Å². The molecule has 5 nitrogen and oxygen atoms in total. The van der Waals surface area contributed by atoms with Crippen molar-refractivity contribution in [2.45, 2.75) is 13.3 Å². The third kappa shape index (κ3) is 3.84. The summed E-state index contributed by atoms with van der Waals surface area (Å²) in [6.45, 7) is 2.99. The van der Waals surface area contributed by atoms with E-state index < -0.39 is 0 Å². The molecule has 0 atom stereocenters. The van der Waals surface area contributed by atoms with E-state index in [1.165, 1.54) is 0 Å². The molecule has 106 valence electrons. The first-order chi connectivity index (χ1) is 9.72. The number of benzene rings is 1. The average Bonchev–Trinajstić information content (AvgIpc) is 2.47. The molecular weight excluding hydrogens is 320 g/mol. The first-order valence-electron chi connectivity index (χ1n) is 6.39. The lowest BCUT2D eigenvalue weighted by atomic mass is 10.3. The molecule has 1 heterocycles. The Hall–Kier alpha value is -1.82. The van der Waals surface area contributed by atoms with Crippen LogP contribution in [0, 0.1) is 0 Å². The summed E-state index contributed by atoms with van der Waals surface area (Å²) in [6.07, 6.45) is 4.44. The van der Waals surface area contributed by atoms with Crippen LogP contribution in [-0.2, 0) is 0 Å². The summed E-state index contributed by atoms with van der Waals surface area (Å²) in [5, 5.41) is 6.41. The van der Waals surface area contributed by atoms with E-state index in [-0.39, 0.29) is 0 Å². The molecule has 0 amide bonds. The Morgan fingerprint density at radius 3 is 2.80 bits per heavy atom. The van der Waals surface area contributed by atoms with Crippen molar-refractivity contribution in [1.82, 2.24) is 9.97 Å². The van der Waals surface area contributed by atoms with Crippen LogP contribution in [0.3, 0.4) is 0 Å². The van der Waals surface area contributed by atoms with Crippen LogP contribution in [0.4, 0.5) is 17.3 Å². The average molecular weight is 337 g/mol. The molecule has 0 aliphatic rings. The third-order valence-corrected chi connectivity index (χ3v) is 3.27. The number of nitrogens with zero attached hydrogens (tertiary/aromatic N) is 2. The summed E-state index contributed by atoms with van der Waals surface area (Å²) in [7, 11) is 1.64. The quantitative estimate of drug-likeness (QED) is 0.839. The number of rotatable bonds is 6. The number of aromatic nitrogens is 2. The van der Waals surface area contributed by atoms with E-state index in [0.29, 0.717) is 5.82 Å². The Kier molecular flexibility index (Phi) is 5.17. The van der Waals surface area contributed by atoms with Gasteiger partial charge in [-0.2, -0.15) is 0 Å². The number of ether oxygens (including phenoxy) is 1. The van der Waals surface area contributed by atoms with Crippen LogP contribution in [0.5, 0.6) is 5.75 Å². The van der Waals surface area contributed by atoms with E-state index in [9.17, 15) is 0 Å². The van der Waals surface area contributed by atoms with Crippen molar-refractivity contribution in [2.24, 2.45) is 0 Å². The van der Waals surface area contributed by atoms with E-state index >= 15 is 0 Å². The molecule has 0 bridgehead atoms. The van der Waals surface area contributed by atoms with Crippen LogP contribution in [0.1, 0.15) is 13.3 Å². The summed E-state index contributed by atoms with van der Waals surface area (Å²) in [4.78, 5) is 8.61. The monoisotopic (exact) mass is 336 g/mol. The van der Waals surface area contributed by atoms with Crippen LogP contribution in [0.2, 0.25) is 0 Å². The smallest absolute Gasteiger partial charge is 0.151 e. The summed E-state index contributed by atoms with van der Waals surface area (Å²) in [5.74, 6) is 2.22. The van der Waals surface area contributed by atoms with Gasteiger partial charge in [0.25, 0.3) is 0 Å². The maximum Gasteiger partial charge on any atom is 0.151 e. The van der Waals surface area contributed by atoms with Crippen molar-refractivity contribution in [3.8, 4) is 5.75 Å². The van der Waals surface area contributed by atoms with Gasteiger partial charge < -0.3 is 15.4 Å². The number of nitrogens with one attached hydrogen (secondary N) is 2. The standard InChI is InChI=1S/C14H17BrN4O/c1-3-6-17-13-8-16-9-14(19-13)18-10-4-5-11(15)12(7-10)20-2/h4-5,7-9H,3,6H2,1-2H3,(H2,17,18,19). The SMILES string of the molecule is CCCNc1cncc(Nc2ccc(Br)c(OC)c2)n1. The van der Waals surface area contributed by atoms with Crippen molar-refractivity contribution in [2.75, 3.05) is 24.3 Å². The first-order valence-corrected chi connectivity index (χ1v) is 7.18. The molecule has 0 unspecified atom stereocenters. The minimum Gasteiger partial charge on any atom is -0.495 e. The van der Waals surface area contributed by atoms with Crippen LogP contribution >= 0.6 is 15.9 Å². The predicted octanol–water partition coefficient (Wildman–Crippen LogP) is 3.81. The van der Waals surface area contributed by atoms with E-state index in [1.54, 1.807) is 19.5 Å². The molecule has 2 N–H and O–H groups in total. The number of halogens is 1. The Balaban J connectivity index is 2.13. The van der Waals surface area contributed by atoms with Crippen molar-refractivity contribution >= 4 is 33.3 Å². The lowest BCUT2D eigenvalue weighted by molar-refractivity contribution is 0.412. The van der Waals surface area contributed by atoms with Crippen molar-refractivity contribution in [3.63, 3.8) is 0 Å². The van der Waals surface area contributed by atoms with Gasteiger partial charge in [0.15, 0.2) is 5.82 Å². The van der Waals surface area contributed by atoms with Crippen molar-refractivity contribution in [1.29, 1.82) is 0 Å². The highest BCUT2D eigenvalue weighted by atomic mass is 79.9. The molecule has 2 rings (SSSR count). The number of hydrogen-bond acceptors (Lipinski definition) is 5. The van der Waals surface area contributed by atoms with Gasteiger partial charge in [-0.15, -0.1) is 0 Å². The fourth-order valence-corrected chi connectivity index (χ4v) is 2.06. The van der Waals surface area contributed by atoms with E-state index in [2.05, 4.69) is 43.5 Å². The van der Waals surface area contributed by atoms with E-state index in [0.717, 1.165) is 34.7 Å². The largest absolute Gasteiger partial charge is 0.495 e. The second-order valence-corrected chi connectivity index (χ2v) is 5.04. The highest BCUT2D eigenvalue weighted by Gasteiger charge is 2.03. The molecule has 0 aliphatic heterocycles. The Bertz CT molecular complexity index is 577. The fraction of sp³-hybridized carbons (Fsp3) is 0.286. The predicted molar refractivity (Wildman–Crippen MR) is 84.8 cm³/mol. The van der Waals surface area contributed by atoms with Crippen LogP contribution in [0.15, 0.2) is 35.1 Å². The highest BCUT2D eigenvalue weighted by Crippen LogP contribution is 2.29. The van der Waals surface area contributed by atoms with Gasteiger partial charge in [-0.25, -0.2) is 4.98 Å². The van der Waals surface area contributed by atoms with E-state index in [4.69, 9.17) is 4.74 Å². The molecule has 20 heavy (non-hydrogen) atoms. The zero-order valence-electron chi connectivity index (χ0n) is 11.5. The lowest BCUT2D eigenvalue weighted by Crippen LogP contribution is -2.04. The number of methoxy groups -OCH3 is 1. The summed E-state index contributed by atoms with van der Waals surface area (Å²) in [5.41, 5.74) is 0.895. The van der Waals surface area contributed by atoms with Gasteiger partial charge in [-0.05, 0) is 34.5 Å². The molecular formula is C14H17BrN4O. The fourth-order valence-electron chi connectivity index (χ4n) is 1.65. The minimum absolute atomic E-state index is 0.690. The maximum atomic E-state index is 5.26. The first kappa shape index (κ1) is 14.6. The van der Waals surface area contributed by atoms with Crippen LogP contribution in [-0.4, -0.2) is 23.6 Å². The molecule has 0 saturated carbocycles. The van der Waals surface area contributed by atoms with Gasteiger partial charge in [0.1, 0.15) is 11.6 Å². The van der Waals surface area contributed by atoms with Gasteiger partial charge in [0, 0.05) is 18.3 Å². The van der Waals surface area contributed by atoms with Gasteiger partial charge in [-0.3, -0.25) is 4.98 Å². The van der Waals surface area contributed by atoms with Crippen LogP contribution < -0.4 is 15.4 Å². The Labute approximate surface area is 126 Å². The van der Waals surface area contributed by atoms with Gasteiger partial charge in [-0.1, -0.05) is 6.92 Å². The molecule has 2 aromatic rings. The summed E-state index contributed by atoms with van der Waals surface area (Å²) < 4.78 is 6.18. The highest BCUT2D eigenvalue weighted by molar-refractivity contribution is 9.10. The summed E-state index contributed by atoms with van der Waals surface area (Å²) in [6, 6.07) is 5.77.